The molecule has 0 aliphatic carbocycles. The number of rotatable bonds is 2. The Hall–Kier alpha value is -3.06. The third kappa shape index (κ3) is 5.04. The number of hydrogen-bond acceptors (Lipinski definition) is 5. The Morgan fingerprint density at radius 3 is 2.18 bits per heavy atom. The van der Waals surface area contributed by atoms with Gasteiger partial charge >= 0.3 is 24.5 Å². The first-order valence-corrected chi connectivity index (χ1v) is 10.2. The maximum Gasteiger partial charge on any atom is 0.416 e. The Morgan fingerprint density at radius 2 is 1.68 bits per heavy atom. The van der Waals surface area contributed by atoms with E-state index in [1.165, 1.54) is 4.90 Å². The van der Waals surface area contributed by atoms with Gasteiger partial charge in [-0.2, -0.15) is 26.3 Å². The normalized spacial score (nSPS) is 19.3. The molecule has 0 atom stereocenters. The van der Waals surface area contributed by atoms with Gasteiger partial charge in [-0.1, -0.05) is 0 Å². The van der Waals surface area contributed by atoms with Crippen LogP contribution in [0.3, 0.4) is 0 Å². The molecule has 1 aromatic heterocycles. The third-order valence-corrected chi connectivity index (χ3v) is 5.42. The average Bonchev–Trinajstić information content (AvgIpc) is 2.87. The van der Waals surface area contributed by atoms with Crippen molar-refractivity contribution in [1.82, 2.24) is 14.8 Å². The van der Waals surface area contributed by atoms with Crippen LogP contribution in [0.1, 0.15) is 39.2 Å². The lowest BCUT2D eigenvalue weighted by atomic mass is 9.86. The number of anilines is 1. The molecule has 3 heterocycles. The van der Waals surface area contributed by atoms with Crippen LogP contribution in [0.25, 0.3) is 0 Å². The summed E-state index contributed by atoms with van der Waals surface area (Å²) in [6.45, 7) is 2.68. The fraction of sp³-hybridized carbons (Fsp3) is 0.600. The fourth-order valence-electron chi connectivity index (χ4n) is 3.90. The molecule has 14 heteroatoms. The van der Waals surface area contributed by atoms with Crippen LogP contribution in [0.2, 0.25) is 0 Å². The number of urea groups is 1. The molecule has 0 radical (unpaired) electrons. The molecule has 2 saturated heterocycles. The molecule has 34 heavy (non-hydrogen) atoms. The first kappa shape index (κ1) is 25.6. The highest BCUT2D eigenvalue weighted by atomic mass is 19.4. The van der Waals surface area contributed by atoms with Gasteiger partial charge in [-0.3, -0.25) is 9.69 Å². The highest BCUT2D eigenvalue weighted by Crippen LogP contribution is 2.41. The summed E-state index contributed by atoms with van der Waals surface area (Å²) in [7, 11) is 0. The van der Waals surface area contributed by atoms with Gasteiger partial charge in [-0.15, -0.1) is 0 Å². The van der Waals surface area contributed by atoms with Crippen molar-refractivity contribution in [2.24, 2.45) is 0 Å². The lowest BCUT2D eigenvalue weighted by Crippen LogP contribution is -2.59. The highest BCUT2D eigenvalue weighted by Gasteiger charge is 2.61. The van der Waals surface area contributed by atoms with E-state index in [0.29, 0.717) is 23.2 Å². The number of carbonyl (C=O) groups is 3. The van der Waals surface area contributed by atoms with Crippen molar-refractivity contribution >= 4 is 23.8 Å². The number of aromatic nitrogens is 1. The molecule has 2 fully saturated rings. The van der Waals surface area contributed by atoms with E-state index >= 15 is 0 Å². The number of likely N-dealkylation sites (tertiary alicyclic amines) is 1. The monoisotopic (exact) mass is 496 g/mol. The van der Waals surface area contributed by atoms with Crippen molar-refractivity contribution in [3.05, 3.63) is 23.9 Å². The molecule has 0 aromatic carbocycles. The number of amides is 4. The first-order chi connectivity index (χ1) is 15.4. The second kappa shape index (κ2) is 8.31. The maximum absolute atomic E-state index is 13.3. The standard InChI is InChI=1S/C20H22F6N4O4/c1-17(2,3)34-16(33)28-8-5-18(6-9-28)14(31)30(15(32)29(18)11-19(21,22)23)13-10-12(4-7-27-13)20(24,25)26/h4,7,10H,5-6,8-9,11H2,1-3H3. The molecule has 8 nitrogen and oxygen atoms in total. The van der Waals surface area contributed by atoms with Gasteiger partial charge in [-0.05, 0) is 45.7 Å². The van der Waals surface area contributed by atoms with Crippen LogP contribution in [0.5, 0.6) is 0 Å². The topological polar surface area (TPSA) is 83.0 Å². The Kier molecular flexibility index (Phi) is 6.25. The Bertz CT molecular complexity index is 981. The number of pyridine rings is 1. The van der Waals surface area contributed by atoms with Gasteiger partial charge in [0.05, 0.1) is 5.56 Å². The summed E-state index contributed by atoms with van der Waals surface area (Å²) in [6, 6.07) is -0.395. The van der Waals surface area contributed by atoms with E-state index in [-0.39, 0.29) is 30.8 Å². The predicted molar refractivity (Wildman–Crippen MR) is 105 cm³/mol. The SMILES string of the molecule is CC(C)(C)OC(=O)N1CCC2(CC1)C(=O)N(c1cc(C(F)(F)F)ccn1)C(=O)N2CC(F)(F)F. The minimum atomic E-state index is -4.89. The van der Waals surface area contributed by atoms with Crippen LogP contribution in [0.4, 0.5) is 41.7 Å². The van der Waals surface area contributed by atoms with E-state index < -0.39 is 59.5 Å². The summed E-state index contributed by atoms with van der Waals surface area (Å²) in [5.74, 6) is -1.86. The van der Waals surface area contributed by atoms with E-state index in [1.54, 1.807) is 20.8 Å². The van der Waals surface area contributed by atoms with Gasteiger partial charge in [0, 0.05) is 19.3 Å². The second-order valence-corrected chi connectivity index (χ2v) is 9.02. The zero-order chi connectivity index (χ0) is 25.7. The van der Waals surface area contributed by atoms with Crippen LogP contribution in [-0.2, 0) is 15.7 Å². The summed E-state index contributed by atoms with van der Waals surface area (Å²) in [4.78, 5) is 43.9. The molecule has 0 N–H and O–H groups in total. The largest absolute Gasteiger partial charge is 0.444 e. The molecular weight excluding hydrogens is 474 g/mol. The van der Waals surface area contributed by atoms with Crippen LogP contribution >= 0.6 is 0 Å². The molecule has 0 bridgehead atoms. The molecule has 188 valence electrons. The van der Waals surface area contributed by atoms with Crippen LogP contribution in [-0.4, -0.2) is 69.8 Å². The fourth-order valence-corrected chi connectivity index (χ4v) is 3.90. The number of ether oxygens (including phenoxy) is 1. The number of hydrogen-bond donors (Lipinski definition) is 0. The quantitative estimate of drug-likeness (QED) is 0.453. The minimum absolute atomic E-state index is 0.202. The summed E-state index contributed by atoms with van der Waals surface area (Å²) < 4.78 is 84.5. The number of halogens is 6. The Morgan fingerprint density at radius 1 is 1.09 bits per heavy atom. The van der Waals surface area contributed by atoms with Crippen molar-refractivity contribution < 1.29 is 45.5 Å². The Labute approximate surface area is 190 Å². The van der Waals surface area contributed by atoms with E-state index in [4.69, 9.17) is 4.74 Å². The molecular formula is C20H22F6N4O4. The lowest BCUT2D eigenvalue weighted by Gasteiger charge is -2.42. The number of nitrogens with zero attached hydrogens (tertiary/aromatic N) is 4. The number of imide groups is 1. The molecule has 2 aliphatic rings. The second-order valence-electron chi connectivity index (χ2n) is 9.02. The van der Waals surface area contributed by atoms with Crippen LogP contribution in [0, 0.1) is 0 Å². The predicted octanol–water partition coefficient (Wildman–Crippen LogP) is 4.20. The van der Waals surface area contributed by atoms with Crippen molar-refractivity contribution in [3.8, 4) is 0 Å². The van der Waals surface area contributed by atoms with Gasteiger partial charge in [-0.25, -0.2) is 19.5 Å². The van der Waals surface area contributed by atoms with Crippen LogP contribution < -0.4 is 4.90 Å². The summed E-state index contributed by atoms with van der Waals surface area (Å²) >= 11 is 0. The smallest absolute Gasteiger partial charge is 0.416 e. The molecule has 3 rings (SSSR count). The molecule has 2 aliphatic heterocycles. The summed E-state index contributed by atoms with van der Waals surface area (Å²) in [5.41, 5.74) is -4.05. The van der Waals surface area contributed by atoms with Gasteiger partial charge in [0.15, 0.2) is 0 Å². The molecule has 4 amide bonds. The third-order valence-electron chi connectivity index (χ3n) is 5.42. The number of piperidine rings is 1. The highest BCUT2D eigenvalue weighted by molar-refractivity contribution is 6.23. The van der Waals surface area contributed by atoms with Gasteiger partial charge in [0.2, 0.25) is 0 Å². The van der Waals surface area contributed by atoms with Gasteiger partial charge in [0.25, 0.3) is 5.91 Å². The molecule has 1 spiro atoms. The zero-order valence-corrected chi connectivity index (χ0v) is 18.5. The zero-order valence-electron chi connectivity index (χ0n) is 18.5. The summed E-state index contributed by atoms with van der Waals surface area (Å²) in [5, 5.41) is 0. The molecule has 0 saturated carbocycles. The van der Waals surface area contributed by atoms with Crippen molar-refractivity contribution in [3.63, 3.8) is 0 Å². The number of alkyl halides is 6. The Balaban J connectivity index is 1.94. The number of carbonyl (C=O) groups excluding carboxylic acids is 3. The van der Waals surface area contributed by atoms with Crippen molar-refractivity contribution in [1.29, 1.82) is 0 Å². The van der Waals surface area contributed by atoms with E-state index in [1.807, 2.05) is 0 Å². The van der Waals surface area contributed by atoms with E-state index in [2.05, 4.69) is 4.98 Å². The van der Waals surface area contributed by atoms with Gasteiger partial charge < -0.3 is 9.64 Å². The lowest BCUT2D eigenvalue weighted by molar-refractivity contribution is -0.154. The van der Waals surface area contributed by atoms with E-state index in [9.17, 15) is 40.7 Å². The molecule has 1 aromatic rings. The maximum atomic E-state index is 13.3. The minimum Gasteiger partial charge on any atom is -0.444 e. The first-order valence-electron chi connectivity index (χ1n) is 10.2. The molecule has 0 unspecified atom stereocenters. The van der Waals surface area contributed by atoms with Crippen LogP contribution in [0.15, 0.2) is 18.3 Å². The van der Waals surface area contributed by atoms with Gasteiger partial charge in [0.1, 0.15) is 23.5 Å². The van der Waals surface area contributed by atoms with Crippen molar-refractivity contribution in [2.75, 3.05) is 24.5 Å². The van der Waals surface area contributed by atoms with Crippen molar-refractivity contribution in [2.45, 2.75) is 57.1 Å². The summed E-state index contributed by atoms with van der Waals surface area (Å²) in [6.07, 6.45) is -10.5. The van der Waals surface area contributed by atoms with E-state index in [0.717, 1.165) is 0 Å². The average molecular weight is 496 g/mol.